The first kappa shape index (κ1) is 23.4. The van der Waals surface area contributed by atoms with Crippen molar-refractivity contribution in [1.29, 1.82) is 0 Å². The number of rotatable bonds is 4. The summed E-state index contributed by atoms with van der Waals surface area (Å²) >= 11 is 0. The molecule has 0 saturated heterocycles. The van der Waals surface area contributed by atoms with Gasteiger partial charge in [-0.3, -0.25) is 9.20 Å². The number of aliphatic imine (C=N–C) groups is 1. The van der Waals surface area contributed by atoms with Gasteiger partial charge in [-0.2, -0.15) is 0 Å². The number of halogens is 1. The minimum atomic E-state index is -0.871. The zero-order chi connectivity index (χ0) is 19.5. The average molecular weight is 519 g/mol. The van der Waals surface area contributed by atoms with Crippen LogP contribution in [0.25, 0.3) is 0 Å². The first-order chi connectivity index (χ1) is 12.8. The van der Waals surface area contributed by atoms with E-state index in [1.807, 2.05) is 26.8 Å². The number of nitrogens with zero attached hydrogens (tertiary/aromatic N) is 1. The highest BCUT2D eigenvalue weighted by Crippen LogP contribution is 2.46. The maximum atomic E-state index is 12.3. The van der Waals surface area contributed by atoms with Gasteiger partial charge in [-0.25, -0.2) is 0 Å². The van der Waals surface area contributed by atoms with Crippen LogP contribution in [-0.2, 0) is 10.8 Å². The Morgan fingerprint density at radius 1 is 1.29 bits per heavy atom. The van der Waals surface area contributed by atoms with E-state index in [1.165, 1.54) is 18.4 Å². The van der Waals surface area contributed by atoms with Crippen molar-refractivity contribution in [2.24, 2.45) is 4.99 Å². The molecule has 1 heterocycles. The summed E-state index contributed by atoms with van der Waals surface area (Å²) in [6.45, 7) is 6.67. The molecule has 158 valence electrons. The minimum Gasteiger partial charge on any atom is -0.487 e. The van der Waals surface area contributed by atoms with Gasteiger partial charge in [-0.1, -0.05) is 18.2 Å². The average Bonchev–Trinajstić information content (AvgIpc) is 3.07. The van der Waals surface area contributed by atoms with Gasteiger partial charge < -0.3 is 15.4 Å². The Morgan fingerprint density at radius 3 is 2.61 bits per heavy atom. The smallest absolute Gasteiger partial charge is 0.191 e. The molecule has 5 nitrogen and oxygen atoms in total. The van der Waals surface area contributed by atoms with Crippen LogP contribution in [0, 0.1) is 0 Å². The van der Waals surface area contributed by atoms with E-state index in [2.05, 4.69) is 33.8 Å². The van der Waals surface area contributed by atoms with Gasteiger partial charge >= 0.3 is 0 Å². The molecule has 0 radical (unpaired) electrons. The van der Waals surface area contributed by atoms with Crippen LogP contribution in [-0.4, -0.2) is 39.9 Å². The molecule has 7 heteroatoms. The Morgan fingerprint density at radius 2 is 1.96 bits per heavy atom. The summed E-state index contributed by atoms with van der Waals surface area (Å²) in [7, 11) is 0.913. The number of ether oxygens (including phenoxy) is 1. The third-order valence-corrected chi connectivity index (χ3v) is 7.45. The van der Waals surface area contributed by atoms with E-state index in [0.29, 0.717) is 12.3 Å². The molecular weight excluding hydrogens is 485 g/mol. The van der Waals surface area contributed by atoms with Crippen LogP contribution in [0.5, 0.6) is 5.75 Å². The molecule has 2 unspecified atom stereocenters. The van der Waals surface area contributed by atoms with E-state index in [4.69, 9.17) is 4.74 Å². The molecule has 0 amide bonds. The number of benzene rings is 1. The lowest BCUT2D eigenvalue weighted by atomic mass is 9.86. The molecule has 2 aliphatic rings. The third-order valence-electron chi connectivity index (χ3n) is 5.51. The van der Waals surface area contributed by atoms with Crippen molar-refractivity contribution in [3.8, 4) is 5.75 Å². The summed E-state index contributed by atoms with van der Waals surface area (Å²) in [6, 6.07) is 8.49. The normalized spacial score (nSPS) is 22.0. The summed E-state index contributed by atoms with van der Waals surface area (Å²) in [5.74, 6) is 2.36. The fourth-order valence-corrected chi connectivity index (χ4v) is 4.90. The lowest BCUT2D eigenvalue weighted by molar-refractivity contribution is 0.0396. The molecule has 1 fully saturated rings. The molecule has 28 heavy (non-hydrogen) atoms. The van der Waals surface area contributed by atoms with Crippen LogP contribution in [0.1, 0.15) is 64.5 Å². The van der Waals surface area contributed by atoms with Crippen molar-refractivity contribution in [2.45, 2.75) is 69.3 Å². The number of hydrogen-bond donors (Lipinski definition) is 2. The second-order valence-electron chi connectivity index (χ2n) is 8.59. The highest BCUT2D eigenvalue weighted by Gasteiger charge is 2.43. The van der Waals surface area contributed by atoms with Gasteiger partial charge in [-0.05, 0) is 52.5 Å². The largest absolute Gasteiger partial charge is 0.487 e. The van der Waals surface area contributed by atoms with Gasteiger partial charge in [0.1, 0.15) is 11.4 Å². The van der Waals surface area contributed by atoms with E-state index >= 15 is 0 Å². The quantitative estimate of drug-likeness (QED) is 0.357. The molecule has 2 atom stereocenters. The Hall–Kier alpha value is -0.830. The molecule has 1 aromatic carbocycles. The van der Waals surface area contributed by atoms with Crippen LogP contribution in [0.4, 0.5) is 0 Å². The lowest BCUT2D eigenvalue weighted by Crippen LogP contribution is -2.47. The van der Waals surface area contributed by atoms with Crippen LogP contribution in [0.2, 0.25) is 0 Å². The Balaban J connectivity index is 0.00000280. The molecular formula is C21H34IN3O2S. The number of fused-ring (bicyclic) bond motifs is 1. The summed E-state index contributed by atoms with van der Waals surface area (Å²) in [4.78, 5) is 4.38. The van der Waals surface area contributed by atoms with E-state index in [9.17, 15) is 4.21 Å². The van der Waals surface area contributed by atoms with Gasteiger partial charge in [-0.15, -0.1) is 24.0 Å². The molecule has 3 rings (SSSR count). The topological polar surface area (TPSA) is 62.7 Å². The summed E-state index contributed by atoms with van der Waals surface area (Å²) < 4.78 is 18.5. The standard InChI is InChI=1S/C21H33N3O2S.HI/c1-20(2,3)27(25)14-13-23-19(22-4)24-17-15-21(11-7-8-12-21)26-18-10-6-5-9-16(17)18;/h5-6,9-10,17H,7-8,11-15H2,1-4H3,(H2,22,23,24);1H. The fourth-order valence-electron chi connectivity index (χ4n) is 4.00. The molecule has 1 spiro atoms. The Bertz CT molecular complexity index is 712. The number of nitrogens with one attached hydrogen (secondary N) is 2. The van der Waals surface area contributed by atoms with Gasteiger partial charge in [0.05, 0.1) is 6.04 Å². The maximum absolute atomic E-state index is 12.3. The van der Waals surface area contributed by atoms with Crippen molar-refractivity contribution in [2.75, 3.05) is 19.3 Å². The van der Waals surface area contributed by atoms with Crippen molar-refractivity contribution < 1.29 is 8.95 Å². The highest BCUT2D eigenvalue weighted by atomic mass is 127. The van der Waals surface area contributed by atoms with Gasteiger partial charge in [0, 0.05) is 46.9 Å². The third kappa shape index (κ3) is 5.62. The lowest BCUT2D eigenvalue weighted by Gasteiger charge is -2.40. The Labute approximate surface area is 189 Å². The monoisotopic (exact) mass is 519 g/mol. The van der Waals surface area contributed by atoms with E-state index in [0.717, 1.165) is 31.0 Å². The number of guanidine groups is 1. The molecule has 0 bridgehead atoms. The number of hydrogen-bond acceptors (Lipinski definition) is 3. The molecule has 0 aromatic heterocycles. The van der Waals surface area contributed by atoms with Crippen LogP contribution in [0.3, 0.4) is 0 Å². The second-order valence-corrected chi connectivity index (χ2v) is 10.9. The highest BCUT2D eigenvalue weighted by molar-refractivity contribution is 14.0. The molecule has 1 aromatic rings. The molecule has 1 saturated carbocycles. The maximum Gasteiger partial charge on any atom is 0.191 e. The zero-order valence-electron chi connectivity index (χ0n) is 17.4. The van der Waals surface area contributed by atoms with Crippen molar-refractivity contribution in [3.05, 3.63) is 29.8 Å². The van der Waals surface area contributed by atoms with Crippen molar-refractivity contribution in [3.63, 3.8) is 0 Å². The summed E-state index contributed by atoms with van der Waals surface area (Å²) in [5.41, 5.74) is 1.15. The zero-order valence-corrected chi connectivity index (χ0v) is 20.6. The van der Waals surface area contributed by atoms with Gasteiger partial charge in [0.25, 0.3) is 0 Å². The predicted molar refractivity (Wildman–Crippen MR) is 128 cm³/mol. The second kappa shape index (κ2) is 9.78. The first-order valence-electron chi connectivity index (χ1n) is 9.97. The predicted octanol–water partition coefficient (Wildman–Crippen LogP) is 4.15. The number of para-hydroxylation sites is 1. The molecule has 1 aliphatic heterocycles. The SMILES string of the molecule is CN=C(NCCS(=O)C(C)(C)C)NC1CC2(CCCC2)Oc2ccccc21.I. The van der Waals surface area contributed by atoms with Crippen molar-refractivity contribution >= 4 is 40.7 Å². The summed E-state index contributed by atoms with van der Waals surface area (Å²) in [6.07, 6.45) is 5.67. The fraction of sp³-hybridized carbons (Fsp3) is 0.667. The van der Waals surface area contributed by atoms with Crippen LogP contribution in [0.15, 0.2) is 29.3 Å². The first-order valence-corrected chi connectivity index (χ1v) is 11.3. The van der Waals surface area contributed by atoms with Gasteiger partial charge in [0.15, 0.2) is 5.96 Å². The van der Waals surface area contributed by atoms with E-state index in [-0.39, 0.29) is 40.4 Å². The van der Waals surface area contributed by atoms with Crippen LogP contribution >= 0.6 is 24.0 Å². The summed E-state index contributed by atoms with van der Waals surface area (Å²) in [5, 5.41) is 6.92. The molecule has 2 N–H and O–H groups in total. The van der Waals surface area contributed by atoms with Crippen molar-refractivity contribution in [1.82, 2.24) is 10.6 Å². The van der Waals surface area contributed by atoms with Gasteiger partial charge in [0.2, 0.25) is 0 Å². The Kier molecular flexibility index (Phi) is 8.19. The minimum absolute atomic E-state index is 0. The van der Waals surface area contributed by atoms with E-state index in [1.54, 1.807) is 7.05 Å². The van der Waals surface area contributed by atoms with E-state index < -0.39 is 10.8 Å². The van der Waals surface area contributed by atoms with Crippen LogP contribution < -0.4 is 15.4 Å². The molecule has 1 aliphatic carbocycles.